The summed E-state index contributed by atoms with van der Waals surface area (Å²) < 4.78 is 46.1. The molecule has 9 heteroatoms. The third-order valence-electron chi connectivity index (χ3n) is 2.96. The number of carbonyl (C=O) groups is 1. The summed E-state index contributed by atoms with van der Waals surface area (Å²) in [7, 11) is 0. The first kappa shape index (κ1) is 16.6. The molecule has 0 bridgehead atoms. The summed E-state index contributed by atoms with van der Waals surface area (Å²) in [6.07, 6.45) is 0. The molecule has 0 saturated carbocycles. The van der Waals surface area contributed by atoms with Gasteiger partial charge in [0.25, 0.3) is 12.5 Å². The Morgan fingerprint density at radius 2 is 2.00 bits per heavy atom. The molecular weight excluding hydrogens is 291 g/mol. The molecule has 1 aromatic rings. The molecule has 1 aliphatic heterocycles. The van der Waals surface area contributed by atoms with Crippen LogP contribution < -0.4 is 11.5 Å². The molecule has 1 aromatic carbocycles. The number of carboxylic acid groups (broad SMARTS) is 1. The van der Waals surface area contributed by atoms with Crippen LogP contribution in [0.3, 0.4) is 0 Å². The minimum Gasteiger partial charge on any atom is -0.483 e. The van der Waals surface area contributed by atoms with Crippen molar-refractivity contribution < 1.29 is 27.8 Å². The minimum atomic E-state index is -3.38. The fourth-order valence-electron chi connectivity index (χ4n) is 1.81. The first-order valence-corrected chi connectivity index (χ1v) is 5.67. The molecule has 0 unspecified atom stereocenters. The van der Waals surface area contributed by atoms with Crippen molar-refractivity contribution in [3.05, 3.63) is 29.6 Å². The van der Waals surface area contributed by atoms with Gasteiger partial charge in [0.1, 0.15) is 5.82 Å². The van der Waals surface area contributed by atoms with Crippen molar-refractivity contribution in [1.82, 2.24) is 0 Å². The predicted octanol–water partition coefficient (Wildman–Crippen LogP) is 1.30. The molecule has 0 spiro atoms. The second-order valence-corrected chi connectivity index (χ2v) is 4.36. The van der Waals surface area contributed by atoms with Crippen molar-refractivity contribution in [2.24, 2.45) is 10.7 Å². The standard InChI is InChI=1S/C11H12F3N3O.CH2O2/c1-10(7-4-6(15)2-3-8(7)12)11(13,14)5-18-9(16)17-10;2-1-3/h2-4H,5,15H2,1H3,(H2,16,17);1H,(H,2,3)/t10-;/m1./s1. The van der Waals surface area contributed by atoms with E-state index in [4.69, 9.17) is 21.4 Å². The number of nitrogens with two attached hydrogens (primary N) is 2. The zero-order chi connectivity index (χ0) is 16.3. The van der Waals surface area contributed by atoms with Gasteiger partial charge in [0.2, 0.25) is 0 Å². The zero-order valence-electron chi connectivity index (χ0n) is 11.0. The SMILES string of the molecule is C[C@]1(c2cc(N)ccc2F)N=C(N)OCC1(F)F.O=CO. The third-order valence-corrected chi connectivity index (χ3v) is 2.96. The maximum absolute atomic E-state index is 13.9. The lowest BCUT2D eigenvalue weighted by molar-refractivity contribution is -0.122. The molecule has 0 saturated heterocycles. The Hall–Kier alpha value is -2.45. The number of amidine groups is 1. The molecule has 0 radical (unpaired) electrons. The van der Waals surface area contributed by atoms with E-state index < -0.39 is 29.9 Å². The van der Waals surface area contributed by atoms with E-state index in [1.165, 1.54) is 6.07 Å². The number of rotatable bonds is 1. The van der Waals surface area contributed by atoms with E-state index in [1.54, 1.807) is 0 Å². The summed E-state index contributed by atoms with van der Waals surface area (Å²) in [5.41, 5.74) is 8.52. The molecule has 0 amide bonds. The number of hydrogen-bond acceptors (Lipinski definition) is 5. The molecule has 1 atom stereocenters. The van der Waals surface area contributed by atoms with Crippen LogP contribution in [0.5, 0.6) is 0 Å². The Balaban J connectivity index is 0.000000677. The highest BCUT2D eigenvalue weighted by Gasteiger charge is 2.56. The Morgan fingerprint density at radius 3 is 2.57 bits per heavy atom. The average molecular weight is 305 g/mol. The number of nitrogens with zero attached hydrogens (tertiary/aromatic N) is 1. The Morgan fingerprint density at radius 1 is 1.43 bits per heavy atom. The quantitative estimate of drug-likeness (QED) is 0.535. The van der Waals surface area contributed by atoms with Crippen LogP contribution in [-0.4, -0.2) is 30.1 Å². The van der Waals surface area contributed by atoms with E-state index in [0.29, 0.717) is 0 Å². The molecule has 2 rings (SSSR count). The molecule has 6 nitrogen and oxygen atoms in total. The highest BCUT2D eigenvalue weighted by Crippen LogP contribution is 2.44. The lowest BCUT2D eigenvalue weighted by Crippen LogP contribution is -2.51. The first-order valence-electron chi connectivity index (χ1n) is 5.67. The Kier molecular flexibility index (Phi) is 4.66. The van der Waals surface area contributed by atoms with Crippen LogP contribution in [0, 0.1) is 5.82 Å². The van der Waals surface area contributed by atoms with Crippen molar-refractivity contribution in [2.75, 3.05) is 12.3 Å². The fourth-order valence-corrected chi connectivity index (χ4v) is 1.81. The van der Waals surface area contributed by atoms with E-state index in [0.717, 1.165) is 19.1 Å². The highest BCUT2D eigenvalue weighted by molar-refractivity contribution is 5.73. The molecule has 0 aromatic heterocycles. The van der Waals surface area contributed by atoms with Crippen LogP contribution in [0.25, 0.3) is 0 Å². The number of benzene rings is 1. The summed E-state index contributed by atoms with van der Waals surface area (Å²) in [5.74, 6) is -4.20. The largest absolute Gasteiger partial charge is 0.483 e. The van der Waals surface area contributed by atoms with Crippen LogP contribution in [0.4, 0.5) is 18.9 Å². The van der Waals surface area contributed by atoms with Gasteiger partial charge < -0.3 is 21.3 Å². The topological polar surface area (TPSA) is 111 Å². The van der Waals surface area contributed by atoms with Gasteiger partial charge in [0.05, 0.1) is 0 Å². The van der Waals surface area contributed by atoms with E-state index in [1.807, 2.05) is 0 Å². The van der Waals surface area contributed by atoms with Crippen molar-refractivity contribution in [1.29, 1.82) is 0 Å². The lowest BCUT2D eigenvalue weighted by Gasteiger charge is -2.37. The van der Waals surface area contributed by atoms with Gasteiger partial charge in [-0.05, 0) is 25.1 Å². The number of halogens is 3. The molecule has 1 aliphatic rings. The van der Waals surface area contributed by atoms with Gasteiger partial charge in [0.15, 0.2) is 12.1 Å². The maximum Gasteiger partial charge on any atom is 0.310 e. The van der Waals surface area contributed by atoms with Gasteiger partial charge in [0, 0.05) is 11.3 Å². The molecule has 21 heavy (non-hydrogen) atoms. The van der Waals surface area contributed by atoms with E-state index in [2.05, 4.69) is 9.73 Å². The van der Waals surface area contributed by atoms with Crippen LogP contribution in [0.1, 0.15) is 12.5 Å². The van der Waals surface area contributed by atoms with Crippen molar-refractivity contribution in [3.63, 3.8) is 0 Å². The molecule has 1 heterocycles. The van der Waals surface area contributed by atoms with E-state index >= 15 is 0 Å². The predicted molar refractivity (Wildman–Crippen MR) is 69.4 cm³/mol. The first-order chi connectivity index (χ1) is 9.67. The van der Waals surface area contributed by atoms with Gasteiger partial charge >= 0.3 is 5.92 Å². The summed E-state index contributed by atoms with van der Waals surface area (Å²) in [4.78, 5) is 11.9. The second-order valence-electron chi connectivity index (χ2n) is 4.36. The van der Waals surface area contributed by atoms with Crippen LogP contribution >= 0.6 is 0 Å². The third kappa shape index (κ3) is 3.18. The average Bonchev–Trinajstić information content (AvgIpc) is 2.38. The van der Waals surface area contributed by atoms with Crippen LogP contribution in [-0.2, 0) is 15.1 Å². The van der Waals surface area contributed by atoms with Crippen molar-refractivity contribution in [3.8, 4) is 0 Å². The highest BCUT2D eigenvalue weighted by atomic mass is 19.3. The maximum atomic E-state index is 13.9. The minimum absolute atomic E-state index is 0.170. The Bertz CT molecular complexity index is 566. The monoisotopic (exact) mass is 305 g/mol. The summed E-state index contributed by atoms with van der Waals surface area (Å²) in [6, 6.07) is 3.04. The zero-order valence-corrected chi connectivity index (χ0v) is 11.0. The number of hydrogen-bond donors (Lipinski definition) is 3. The molecular formula is C12H14F3N3O3. The molecule has 116 valence electrons. The van der Waals surface area contributed by atoms with Crippen molar-refractivity contribution >= 4 is 18.2 Å². The second kappa shape index (κ2) is 5.90. The Labute approximate surface area is 118 Å². The summed E-state index contributed by atoms with van der Waals surface area (Å²) in [5, 5.41) is 6.89. The van der Waals surface area contributed by atoms with E-state index in [-0.39, 0.29) is 17.7 Å². The van der Waals surface area contributed by atoms with Gasteiger partial charge in [-0.25, -0.2) is 9.38 Å². The number of ether oxygens (including phenoxy) is 1. The molecule has 5 N–H and O–H groups in total. The van der Waals surface area contributed by atoms with Crippen molar-refractivity contribution in [2.45, 2.75) is 18.4 Å². The van der Waals surface area contributed by atoms with E-state index in [9.17, 15) is 13.2 Å². The van der Waals surface area contributed by atoms with Crippen LogP contribution in [0.2, 0.25) is 0 Å². The molecule has 0 fully saturated rings. The van der Waals surface area contributed by atoms with Gasteiger partial charge in [-0.15, -0.1) is 0 Å². The number of aliphatic imine (C=N–C) groups is 1. The normalized spacial score (nSPS) is 23.1. The van der Waals surface area contributed by atoms with Gasteiger partial charge in [-0.3, -0.25) is 4.79 Å². The molecule has 0 aliphatic carbocycles. The number of alkyl halides is 2. The fraction of sp³-hybridized carbons (Fsp3) is 0.333. The van der Waals surface area contributed by atoms with Gasteiger partial charge in [-0.1, -0.05) is 0 Å². The smallest absolute Gasteiger partial charge is 0.310 e. The number of anilines is 1. The van der Waals surface area contributed by atoms with Gasteiger partial charge in [-0.2, -0.15) is 8.78 Å². The lowest BCUT2D eigenvalue weighted by atomic mass is 9.85. The van der Waals surface area contributed by atoms with Crippen LogP contribution in [0.15, 0.2) is 23.2 Å². The summed E-state index contributed by atoms with van der Waals surface area (Å²) in [6.45, 7) is -0.104. The number of nitrogen functional groups attached to an aromatic ring is 1. The summed E-state index contributed by atoms with van der Waals surface area (Å²) >= 11 is 0.